The van der Waals surface area contributed by atoms with Crippen LogP contribution in [0.3, 0.4) is 0 Å². The summed E-state index contributed by atoms with van der Waals surface area (Å²) in [5, 5.41) is 0. The van der Waals surface area contributed by atoms with Crippen LogP contribution in [-0.2, 0) is 0 Å². The van der Waals surface area contributed by atoms with Gasteiger partial charge in [0, 0.05) is 12.4 Å². The average Bonchev–Trinajstić information content (AvgIpc) is 1.88. The molecule has 0 amide bonds. The molecule has 1 heteroatoms. The van der Waals surface area contributed by atoms with Gasteiger partial charge in [0.25, 0.3) is 0 Å². The second-order valence-electron chi connectivity index (χ2n) is 2.37. The molecule has 0 radical (unpaired) electrons. The lowest BCUT2D eigenvalue weighted by atomic mass is 10.1. The predicted molar refractivity (Wildman–Crippen MR) is 38.3 cm³/mol. The SMILES string of the molecule is [3H]c1cncc(C(C)C)c1. The van der Waals surface area contributed by atoms with E-state index in [-0.39, 0.29) is 0 Å². The van der Waals surface area contributed by atoms with Crippen LogP contribution in [0.5, 0.6) is 0 Å². The van der Waals surface area contributed by atoms with Gasteiger partial charge in [-0.2, -0.15) is 0 Å². The van der Waals surface area contributed by atoms with E-state index in [9.17, 15) is 0 Å². The minimum absolute atomic E-state index is 0.470. The molecule has 0 unspecified atom stereocenters. The first kappa shape index (κ1) is 4.98. The summed E-state index contributed by atoms with van der Waals surface area (Å²) in [6.07, 6.45) is 3.36. The first-order chi connectivity index (χ1) is 4.70. The van der Waals surface area contributed by atoms with Crippen LogP contribution in [-0.4, -0.2) is 4.98 Å². The fourth-order valence-electron chi connectivity index (χ4n) is 0.653. The molecule has 1 heterocycles. The Kier molecular flexibility index (Phi) is 1.45. The Morgan fingerprint density at radius 3 is 2.89 bits per heavy atom. The molecule has 0 fully saturated rings. The molecule has 1 nitrogen and oxygen atoms in total. The van der Waals surface area contributed by atoms with Gasteiger partial charge in [-0.05, 0) is 17.5 Å². The van der Waals surface area contributed by atoms with Crippen molar-refractivity contribution in [2.24, 2.45) is 0 Å². The van der Waals surface area contributed by atoms with E-state index in [1.54, 1.807) is 6.20 Å². The van der Waals surface area contributed by atoms with E-state index in [2.05, 4.69) is 18.8 Å². The predicted octanol–water partition coefficient (Wildman–Crippen LogP) is 2.21. The summed E-state index contributed by atoms with van der Waals surface area (Å²) >= 11 is 0. The number of aromatic nitrogens is 1. The first-order valence-electron chi connectivity index (χ1n) is 3.61. The molecule has 0 N–H and O–H groups in total. The van der Waals surface area contributed by atoms with E-state index >= 15 is 0 Å². The van der Waals surface area contributed by atoms with E-state index in [0.29, 0.717) is 12.0 Å². The molecule has 0 aliphatic carbocycles. The van der Waals surface area contributed by atoms with Crippen molar-refractivity contribution >= 4 is 0 Å². The van der Waals surface area contributed by atoms with Gasteiger partial charge in [0.2, 0.25) is 0 Å². The molecular formula is C8H11N. The molecule has 0 saturated heterocycles. The van der Waals surface area contributed by atoms with E-state index < -0.39 is 0 Å². The third kappa shape index (κ3) is 1.53. The highest BCUT2D eigenvalue weighted by Gasteiger charge is 1.94. The summed E-state index contributed by atoms with van der Waals surface area (Å²) in [4.78, 5) is 3.92. The van der Waals surface area contributed by atoms with Crippen molar-refractivity contribution in [3.8, 4) is 0 Å². The minimum Gasteiger partial charge on any atom is -0.264 e. The quantitative estimate of drug-likeness (QED) is 0.558. The van der Waals surface area contributed by atoms with E-state index in [0.717, 1.165) is 5.56 Å². The zero-order chi connectivity index (χ0) is 7.56. The van der Waals surface area contributed by atoms with Gasteiger partial charge < -0.3 is 0 Å². The lowest BCUT2D eigenvalue weighted by Crippen LogP contribution is -1.85. The molecule has 1 rings (SSSR count). The molecule has 9 heavy (non-hydrogen) atoms. The Labute approximate surface area is 57.2 Å². The molecule has 0 aromatic carbocycles. The smallest absolute Gasteiger partial charge is 0.0639 e. The van der Waals surface area contributed by atoms with Crippen LogP contribution < -0.4 is 0 Å². The molecule has 1 aromatic heterocycles. The van der Waals surface area contributed by atoms with Crippen molar-refractivity contribution in [3.63, 3.8) is 0 Å². The van der Waals surface area contributed by atoms with Crippen molar-refractivity contribution in [3.05, 3.63) is 30.1 Å². The van der Waals surface area contributed by atoms with E-state index in [1.807, 2.05) is 12.3 Å². The zero-order valence-electron chi connectivity index (χ0n) is 6.76. The number of pyridine rings is 1. The summed E-state index contributed by atoms with van der Waals surface area (Å²) in [7, 11) is 0. The van der Waals surface area contributed by atoms with E-state index in [1.165, 1.54) is 0 Å². The highest BCUT2D eigenvalue weighted by atomic mass is 14.6. The van der Waals surface area contributed by atoms with Gasteiger partial charge in [0.15, 0.2) is 0 Å². The van der Waals surface area contributed by atoms with Gasteiger partial charge in [0.1, 0.15) is 0 Å². The lowest BCUT2D eigenvalue weighted by molar-refractivity contribution is 0.858. The Morgan fingerprint density at radius 1 is 1.67 bits per heavy atom. The molecule has 0 spiro atoms. The standard InChI is InChI=1S/C8H11N/c1-7(2)8-4-3-5-9-6-8/h3-7H,1-2H3/i3T. The van der Waals surface area contributed by atoms with Crippen LogP contribution in [0.4, 0.5) is 0 Å². The molecular weight excluding hydrogens is 110 g/mol. The maximum atomic E-state index is 7.27. The average molecular weight is 123 g/mol. The highest BCUT2D eigenvalue weighted by Crippen LogP contribution is 2.10. The normalized spacial score (nSPS) is 11.7. The topological polar surface area (TPSA) is 12.9 Å². The van der Waals surface area contributed by atoms with Gasteiger partial charge in [-0.25, -0.2) is 0 Å². The molecule has 1 aromatic rings. The van der Waals surface area contributed by atoms with Gasteiger partial charge in [-0.15, -0.1) is 0 Å². The fraction of sp³-hybridized carbons (Fsp3) is 0.375. The number of hydrogen-bond acceptors (Lipinski definition) is 1. The number of hydrogen-bond donors (Lipinski definition) is 0. The molecule has 0 bridgehead atoms. The summed E-state index contributed by atoms with van der Waals surface area (Å²) in [6.45, 7) is 4.19. The van der Waals surface area contributed by atoms with E-state index in [4.69, 9.17) is 1.37 Å². The highest BCUT2D eigenvalue weighted by molar-refractivity contribution is 5.12. The Balaban J connectivity index is 2.96. The molecule has 48 valence electrons. The van der Waals surface area contributed by atoms with Crippen molar-refractivity contribution in [1.29, 1.82) is 0 Å². The molecule has 0 aliphatic rings. The van der Waals surface area contributed by atoms with Crippen molar-refractivity contribution in [2.75, 3.05) is 0 Å². The number of nitrogens with zero attached hydrogens (tertiary/aromatic N) is 1. The van der Waals surface area contributed by atoms with Gasteiger partial charge in [-0.3, -0.25) is 4.98 Å². The molecule has 0 saturated carbocycles. The van der Waals surface area contributed by atoms with Crippen LogP contribution >= 0.6 is 0 Å². The Morgan fingerprint density at radius 2 is 2.44 bits per heavy atom. The maximum Gasteiger partial charge on any atom is 0.0639 e. The van der Waals surface area contributed by atoms with Crippen LogP contribution in [0.1, 0.15) is 26.7 Å². The Bertz CT molecular complexity index is 220. The Hall–Kier alpha value is -0.850. The summed E-state index contributed by atoms with van der Waals surface area (Å²) in [5.41, 5.74) is 1.13. The van der Waals surface area contributed by atoms with Crippen LogP contribution in [0, 0.1) is 0 Å². The third-order valence-corrected chi connectivity index (χ3v) is 1.29. The monoisotopic (exact) mass is 123 g/mol. The summed E-state index contributed by atoms with van der Waals surface area (Å²) in [6, 6.07) is 2.34. The van der Waals surface area contributed by atoms with Crippen molar-refractivity contribution < 1.29 is 1.37 Å². The third-order valence-electron chi connectivity index (χ3n) is 1.29. The zero-order valence-corrected chi connectivity index (χ0v) is 5.76. The second kappa shape index (κ2) is 2.62. The maximum absolute atomic E-state index is 7.27. The molecule has 0 atom stereocenters. The van der Waals surface area contributed by atoms with Crippen LogP contribution in [0.2, 0.25) is 0 Å². The largest absolute Gasteiger partial charge is 0.264 e. The van der Waals surface area contributed by atoms with Crippen LogP contribution in [0.25, 0.3) is 0 Å². The minimum atomic E-state index is 0.470. The summed E-state index contributed by atoms with van der Waals surface area (Å²) < 4.78 is 7.27. The van der Waals surface area contributed by atoms with Gasteiger partial charge in [-0.1, -0.05) is 19.9 Å². The second-order valence-corrected chi connectivity index (χ2v) is 2.37. The first-order valence-corrected chi connectivity index (χ1v) is 3.11. The molecule has 0 aliphatic heterocycles. The van der Waals surface area contributed by atoms with Crippen molar-refractivity contribution in [1.82, 2.24) is 4.98 Å². The van der Waals surface area contributed by atoms with Gasteiger partial charge in [0.05, 0.1) is 1.37 Å². The fourth-order valence-corrected chi connectivity index (χ4v) is 0.653. The number of rotatable bonds is 1. The lowest BCUT2D eigenvalue weighted by Gasteiger charge is -2.00. The van der Waals surface area contributed by atoms with Crippen molar-refractivity contribution in [2.45, 2.75) is 19.8 Å². The van der Waals surface area contributed by atoms with Gasteiger partial charge >= 0.3 is 0 Å². The summed E-state index contributed by atoms with van der Waals surface area (Å²) in [5.74, 6) is 0.470. The van der Waals surface area contributed by atoms with Crippen LogP contribution in [0.15, 0.2) is 24.5 Å².